The van der Waals surface area contributed by atoms with E-state index in [9.17, 15) is 32.8 Å². The van der Waals surface area contributed by atoms with Crippen molar-refractivity contribution < 1.29 is 37.5 Å². The highest BCUT2D eigenvalue weighted by Crippen LogP contribution is 2.74. The lowest BCUT2D eigenvalue weighted by atomic mass is 9.36. The van der Waals surface area contributed by atoms with Gasteiger partial charge in [0.25, 0.3) is 10.1 Å². The van der Waals surface area contributed by atoms with Crippen LogP contribution in [-0.4, -0.2) is 65.7 Å². The maximum atomic E-state index is 13.8. The summed E-state index contributed by atoms with van der Waals surface area (Å²) in [6, 6.07) is 0. The number of amides is 1. The van der Waals surface area contributed by atoms with Gasteiger partial charge in [-0.05, 0) is 103 Å². The van der Waals surface area contributed by atoms with Gasteiger partial charge in [-0.25, -0.2) is 0 Å². The Balaban J connectivity index is 1.80. The lowest BCUT2D eigenvalue weighted by Crippen LogP contribution is -2.65. The largest absolute Gasteiger partial charge is 0.458 e. The monoisotopic (exact) mass is 625 g/mol. The van der Waals surface area contributed by atoms with E-state index in [-0.39, 0.29) is 46.6 Å². The van der Waals surface area contributed by atoms with Crippen LogP contribution in [0.2, 0.25) is 0 Å². The third-order valence-electron chi connectivity index (χ3n) is 12.5. The average Bonchev–Trinajstić information content (AvgIpc) is 3.14. The van der Waals surface area contributed by atoms with Crippen molar-refractivity contribution in [3.8, 4) is 0 Å². The molecule has 0 aliphatic heterocycles. The minimum absolute atomic E-state index is 0.000237. The highest BCUT2D eigenvalue weighted by Gasteiger charge is 2.70. The molecule has 4 aliphatic rings. The first-order valence-electron chi connectivity index (χ1n) is 16.4. The molecule has 4 rings (SSSR count). The van der Waals surface area contributed by atoms with E-state index < -0.39 is 40.0 Å². The van der Waals surface area contributed by atoms with E-state index in [0.717, 1.165) is 44.1 Å². The maximum Gasteiger partial charge on any atom is 0.303 e. The predicted molar refractivity (Wildman–Crippen MR) is 164 cm³/mol. The molecule has 0 heterocycles. The molecule has 0 bridgehead atoms. The second-order valence-corrected chi connectivity index (χ2v) is 16.9. The second-order valence-electron chi connectivity index (χ2n) is 15.3. The summed E-state index contributed by atoms with van der Waals surface area (Å²) < 4.78 is 37.9. The van der Waals surface area contributed by atoms with Crippen LogP contribution in [0.15, 0.2) is 11.1 Å². The molecular formula is C33H55NO8S. The zero-order valence-electron chi connectivity index (χ0n) is 27.2. The van der Waals surface area contributed by atoms with Crippen molar-refractivity contribution in [3.05, 3.63) is 11.1 Å². The van der Waals surface area contributed by atoms with Gasteiger partial charge in [0.1, 0.15) is 6.10 Å². The summed E-state index contributed by atoms with van der Waals surface area (Å²) in [5, 5.41) is 25.5. The van der Waals surface area contributed by atoms with Crippen LogP contribution in [0.3, 0.4) is 0 Å². The van der Waals surface area contributed by atoms with Crippen LogP contribution >= 0.6 is 0 Å². The van der Waals surface area contributed by atoms with E-state index in [1.54, 1.807) is 0 Å². The SMILES string of the molecule is CC(=O)O[C@H]1C[C@@]2(C)[C@@H](C[C@@H](O)C3[C@]2(C)CC[C@H]2[C@H](C)[C@H](O)CC[C@]32C)/C1=C(/CCCC(C)C)C(=O)NCCS(=O)(=O)O. The van der Waals surface area contributed by atoms with Crippen LogP contribution in [0.1, 0.15) is 106 Å². The number of esters is 1. The van der Waals surface area contributed by atoms with Gasteiger partial charge in [0, 0.05) is 19.0 Å². The lowest BCUT2D eigenvalue weighted by Gasteiger charge is -2.69. The van der Waals surface area contributed by atoms with E-state index in [4.69, 9.17) is 4.74 Å². The number of hydrogen-bond donors (Lipinski definition) is 4. The lowest BCUT2D eigenvalue weighted by molar-refractivity contribution is -0.234. The minimum Gasteiger partial charge on any atom is -0.458 e. The number of aliphatic hydroxyl groups is 2. The fraction of sp³-hybridized carbons (Fsp3) is 0.879. The van der Waals surface area contributed by atoms with Gasteiger partial charge in [0.05, 0.1) is 18.0 Å². The van der Waals surface area contributed by atoms with Crippen LogP contribution in [0.4, 0.5) is 0 Å². The molecule has 43 heavy (non-hydrogen) atoms. The Labute approximate surface area is 258 Å². The highest BCUT2D eigenvalue weighted by molar-refractivity contribution is 7.85. The van der Waals surface area contributed by atoms with Gasteiger partial charge in [-0.2, -0.15) is 8.42 Å². The highest BCUT2D eigenvalue weighted by atomic mass is 32.2. The Morgan fingerprint density at radius 2 is 1.74 bits per heavy atom. The van der Waals surface area contributed by atoms with Gasteiger partial charge in [-0.3, -0.25) is 14.1 Å². The smallest absolute Gasteiger partial charge is 0.303 e. The van der Waals surface area contributed by atoms with Crippen molar-refractivity contribution in [3.63, 3.8) is 0 Å². The number of hydrogen-bond acceptors (Lipinski definition) is 7. The number of fused-ring (bicyclic) bond motifs is 5. The van der Waals surface area contributed by atoms with Gasteiger partial charge < -0.3 is 20.3 Å². The summed E-state index contributed by atoms with van der Waals surface area (Å²) >= 11 is 0. The summed E-state index contributed by atoms with van der Waals surface area (Å²) in [4.78, 5) is 26.2. The van der Waals surface area contributed by atoms with E-state index in [0.29, 0.717) is 36.7 Å². The Hall–Kier alpha value is -1.49. The quantitative estimate of drug-likeness (QED) is 0.164. The van der Waals surface area contributed by atoms with Gasteiger partial charge in [-0.15, -0.1) is 0 Å². The molecule has 4 saturated carbocycles. The van der Waals surface area contributed by atoms with Crippen molar-refractivity contribution in [2.45, 2.75) is 125 Å². The van der Waals surface area contributed by atoms with Gasteiger partial charge in [-0.1, -0.05) is 48.0 Å². The van der Waals surface area contributed by atoms with Crippen molar-refractivity contribution >= 4 is 22.0 Å². The number of aliphatic hydroxyl groups excluding tert-OH is 2. The first-order chi connectivity index (χ1) is 19.9. The van der Waals surface area contributed by atoms with Crippen molar-refractivity contribution in [1.82, 2.24) is 5.32 Å². The van der Waals surface area contributed by atoms with Crippen molar-refractivity contribution in [2.75, 3.05) is 12.3 Å². The zero-order chi connectivity index (χ0) is 32.1. The molecule has 4 fully saturated rings. The standard InChI is InChI=1S/C33H55NO8S/c1-19(2)9-8-10-22(30(38)34-15-16-43(39,40)41)28-24-17-26(37)29-31(5)13-12-25(36)20(3)23(31)11-14-32(29,6)33(24,7)18-27(28)42-21(4)35/h19-20,23-27,29,36-37H,8-18H2,1-7H3,(H,34,38)(H,39,40,41)/b28-22+/t20-,23-,24-,25+,26+,27-,29?,31-,32-,33-/m0/s1. The van der Waals surface area contributed by atoms with Crippen LogP contribution in [-0.2, 0) is 24.4 Å². The van der Waals surface area contributed by atoms with Gasteiger partial charge in [0.2, 0.25) is 5.91 Å². The van der Waals surface area contributed by atoms with Gasteiger partial charge in [0.15, 0.2) is 0 Å². The molecule has 0 aromatic carbocycles. The fourth-order valence-electron chi connectivity index (χ4n) is 10.4. The third-order valence-corrected chi connectivity index (χ3v) is 13.2. The molecule has 4 aliphatic carbocycles. The summed E-state index contributed by atoms with van der Waals surface area (Å²) in [6.45, 7) is 14.4. The zero-order valence-corrected chi connectivity index (χ0v) is 28.0. The van der Waals surface area contributed by atoms with Crippen molar-refractivity contribution in [2.24, 2.45) is 45.8 Å². The molecule has 1 amide bonds. The Morgan fingerprint density at radius 3 is 2.35 bits per heavy atom. The number of ether oxygens (including phenoxy) is 1. The number of nitrogens with one attached hydrogen (secondary N) is 1. The maximum absolute atomic E-state index is 13.8. The molecule has 0 saturated heterocycles. The first kappa shape index (κ1) is 34.4. The summed E-state index contributed by atoms with van der Waals surface area (Å²) in [7, 11) is -4.25. The van der Waals surface area contributed by atoms with Crippen LogP contribution in [0.5, 0.6) is 0 Å². The molecule has 10 atom stereocenters. The van der Waals surface area contributed by atoms with E-state index >= 15 is 0 Å². The van der Waals surface area contributed by atoms with E-state index in [1.807, 2.05) is 0 Å². The topological polar surface area (TPSA) is 150 Å². The number of carbonyl (C=O) groups excluding carboxylic acids is 2. The molecule has 0 aromatic heterocycles. The molecular weight excluding hydrogens is 570 g/mol. The molecule has 0 radical (unpaired) electrons. The summed E-state index contributed by atoms with van der Waals surface area (Å²) in [5.41, 5.74) is 0.476. The molecule has 0 aromatic rings. The van der Waals surface area contributed by atoms with E-state index in [2.05, 4.69) is 46.9 Å². The molecule has 10 heteroatoms. The number of rotatable bonds is 9. The molecule has 246 valence electrons. The Bertz CT molecular complexity index is 1220. The molecule has 4 N–H and O–H groups in total. The summed E-state index contributed by atoms with van der Waals surface area (Å²) in [5.74, 6) is -0.718. The average molecular weight is 626 g/mol. The molecule has 9 nitrogen and oxygen atoms in total. The Kier molecular flexibility index (Phi) is 9.89. The first-order valence-corrected chi connectivity index (χ1v) is 18.0. The Morgan fingerprint density at radius 1 is 1.07 bits per heavy atom. The normalized spacial score (nSPS) is 42.1. The summed E-state index contributed by atoms with van der Waals surface area (Å²) in [6.07, 6.45) is 4.92. The fourth-order valence-corrected chi connectivity index (χ4v) is 10.7. The van der Waals surface area contributed by atoms with Crippen LogP contribution in [0, 0.1) is 45.8 Å². The number of carbonyl (C=O) groups is 2. The molecule has 1 unspecified atom stereocenters. The predicted octanol–water partition coefficient (Wildman–Crippen LogP) is 4.67. The third kappa shape index (κ3) is 6.32. The van der Waals surface area contributed by atoms with E-state index in [1.165, 1.54) is 6.92 Å². The van der Waals surface area contributed by atoms with Gasteiger partial charge >= 0.3 is 5.97 Å². The molecule has 0 spiro atoms. The second kappa shape index (κ2) is 12.4. The minimum atomic E-state index is -4.25. The van der Waals surface area contributed by atoms with Crippen molar-refractivity contribution in [1.29, 1.82) is 0 Å². The van der Waals surface area contributed by atoms with Crippen LogP contribution < -0.4 is 5.32 Å². The van der Waals surface area contributed by atoms with Crippen LogP contribution in [0.25, 0.3) is 0 Å².